The lowest BCUT2D eigenvalue weighted by Crippen LogP contribution is -2.21. The van der Waals surface area contributed by atoms with Gasteiger partial charge in [0.25, 0.3) is 5.91 Å². The molecule has 1 aromatic heterocycles. The van der Waals surface area contributed by atoms with Gasteiger partial charge in [0.15, 0.2) is 6.61 Å². The van der Waals surface area contributed by atoms with E-state index in [2.05, 4.69) is 10.3 Å². The normalized spacial score (nSPS) is 10.6. The van der Waals surface area contributed by atoms with Crippen LogP contribution in [0.15, 0.2) is 42.5 Å². The molecule has 0 radical (unpaired) electrons. The van der Waals surface area contributed by atoms with E-state index >= 15 is 0 Å². The van der Waals surface area contributed by atoms with Crippen molar-refractivity contribution in [3.8, 4) is 5.75 Å². The molecule has 28 heavy (non-hydrogen) atoms. The van der Waals surface area contributed by atoms with Gasteiger partial charge in [-0.1, -0.05) is 18.2 Å². The van der Waals surface area contributed by atoms with Crippen molar-refractivity contribution in [1.82, 2.24) is 4.98 Å². The number of para-hydroxylation sites is 1. The van der Waals surface area contributed by atoms with Crippen LogP contribution in [0.25, 0.3) is 10.2 Å². The van der Waals surface area contributed by atoms with Crippen molar-refractivity contribution in [2.45, 2.75) is 26.2 Å². The van der Waals surface area contributed by atoms with Crippen molar-refractivity contribution in [1.29, 1.82) is 0 Å². The number of amides is 1. The van der Waals surface area contributed by atoms with Crippen molar-refractivity contribution in [3.63, 3.8) is 0 Å². The molecule has 6 nitrogen and oxygen atoms in total. The number of carbonyl (C=O) groups excluding carboxylic acids is 2. The molecule has 7 heteroatoms. The van der Waals surface area contributed by atoms with Gasteiger partial charge in [0, 0.05) is 6.42 Å². The number of thiazole rings is 1. The van der Waals surface area contributed by atoms with E-state index in [1.54, 1.807) is 23.5 Å². The molecule has 0 aliphatic rings. The van der Waals surface area contributed by atoms with E-state index in [1.165, 1.54) is 7.11 Å². The van der Waals surface area contributed by atoms with Crippen molar-refractivity contribution in [2.75, 3.05) is 19.0 Å². The Balaban J connectivity index is 1.41. The fraction of sp³-hybridized carbons (Fsp3) is 0.286. The summed E-state index contributed by atoms with van der Waals surface area (Å²) >= 11 is 1.63. The van der Waals surface area contributed by atoms with Crippen LogP contribution in [-0.4, -0.2) is 30.6 Å². The molecular weight excluding hydrogens is 376 g/mol. The fourth-order valence-electron chi connectivity index (χ4n) is 2.73. The highest BCUT2D eigenvalue weighted by atomic mass is 32.1. The van der Waals surface area contributed by atoms with Gasteiger partial charge in [0.2, 0.25) is 0 Å². The zero-order chi connectivity index (χ0) is 19.9. The van der Waals surface area contributed by atoms with E-state index < -0.39 is 11.9 Å². The van der Waals surface area contributed by atoms with Crippen LogP contribution in [-0.2, 0) is 20.7 Å². The summed E-state index contributed by atoms with van der Waals surface area (Å²) in [7, 11) is 1.53. The first-order chi connectivity index (χ1) is 13.5. The first-order valence-corrected chi connectivity index (χ1v) is 9.81. The molecule has 3 rings (SSSR count). The molecule has 0 fully saturated rings. The minimum atomic E-state index is -0.400. The molecule has 2 aromatic carbocycles. The summed E-state index contributed by atoms with van der Waals surface area (Å²) < 4.78 is 11.4. The van der Waals surface area contributed by atoms with Gasteiger partial charge in [-0.3, -0.25) is 9.59 Å². The Kier molecular flexibility index (Phi) is 6.60. The summed E-state index contributed by atoms with van der Waals surface area (Å²) in [6, 6.07) is 13.4. The molecule has 3 aromatic rings. The van der Waals surface area contributed by atoms with Crippen LogP contribution in [0.1, 0.15) is 23.4 Å². The van der Waals surface area contributed by atoms with Crippen LogP contribution in [0.3, 0.4) is 0 Å². The second-order valence-corrected chi connectivity index (χ2v) is 7.46. The van der Waals surface area contributed by atoms with Crippen LogP contribution < -0.4 is 10.1 Å². The highest BCUT2D eigenvalue weighted by Crippen LogP contribution is 2.25. The number of nitrogens with zero attached hydrogens (tertiary/aromatic N) is 1. The molecule has 0 unspecified atom stereocenters. The molecule has 0 bridgehead atoms. The van der Waals surface area contributed by atoms with Crippen molar-refractivity contribution >= 4 is 39.1 Å². The molecule has 1 N–H and O–H groups in total. The number of esters is 1. The maximum atomic E-state index is 12.0. The van der Waals surface area contributed by atoms with E-state index in [4.69, 9.17) is 9.47 Å². The number of fused-ring (bicyclic) bond motifs is 1. The third kappa shape index (κ3) is 5.29. The maximum absolute atomic E-state index is 12.0. The minimum absolute atomic E-state index is 0.247. The summed E-state index contributed by atoms with van der Waals surface area (Å²) in [5.41, 5.74) is 2.52. The van der Waals surface area contributed by atoms with E-state index in [0.717, 1.165) is 20.8 Å². The number of hydrogen-bond acceptors (Lipinski definition) is 6. The summed E-state index contributed by atoms with van der Waals surface area (Å²) in [4.78, 5) is 28.5. The molecule has 0 saturated carbocycles. The zero-order valence-corrected chi connectivity index (χ0v) is 16.7. The third-order valence-corrected chi connectivity index (χ3v) is 5.20. The number of carbonyl (C=O) groups is 2. The van der Waals surface area contributed by atoms with Crippen LogP contribution in [0.4, 0.5) is 5.69 Å². The molecule has 0 spiro atoms. The number of aryl methyl sites for hydroxylation is 2. The second kappa shape index (κ2) is 9.32. The van der Waals surface area contributed by atoms with E-state index in [1.807, 2.05) is 37.3 Å². The first-order valence-electron chi connectivity index (χ1n) is 8.99. The molecule has 0 atom stereocenters. The number of anilines is 1. The number of ether oxygens (including phenoxy) is 2. The molecule has 0 saturated heterocycles. The minimum Gasteiger partial charge on any atom is -0.495 e. The largest absolute Gasteiger partial charge is 0.495 e. The average Bonchev–Trinajstić information content (AvgIpc) is 3.09. The average molecular weight is 398 g/mol. The van der Waals surface area contributed by atoms with Gasteiger partial charge in [0.05, 0.1) is 28.0 Å². The van der Waals surface area contributed by atoms with Gasteiger partial charge in [-0.05, 0) is 49.6 Å². The number of aromatic nitrogens is 1. The Bertz CT molecular complexity index is 950. The van der Waals surface area contributed by atoms with Gasteiger partial charge < -0.3 is 14.8 Å². The lowest BCUT2D eigenvalue weighted by molar-refractivity contribution is -0.147. The topological polar surface area (TPSA) is 77.5 Å². The van der Waals surface area contributed by atoms with E-state index in [-0.39, 0.29) is 13.0 Å². The SMILES string of the molecule is COc1ccc(C)cc1NC(=O)COC(=O)CCCc1nc2ccccc2s1. The molecule has 0 aliphatic carbocycles. The fourth-order valence-corrected chi connectivity index (χ4v) is 3.74. The Morgan fingerprint density at radius 3 is 2.79 bits per heavy atom. The van der Waals surface area contributed by atoms with Crippen molar-refractivity contribution < 1.29 is 19.1 Å². The van der Waals surface area contributed by atoms with Crippen LogP contribution in [0, 0.1) is 6.92 Å². The van der Waals surface area contributed by atoms with Gasteiger partial charge in [-0.2, -0.15) is 0 Å². The third-order valence-electron chi connectivity index (χ3n) is 4.10. The zero-order valence-electron chi connectivity index (χ0n) is 15.9. The molecular formula is C21H22N2O4S. The monoisotopic (exact) mass is 398 g/mol. The van der Waals surface area contributed by atoms with Crippen molar-refractivity contribution in [3.05, 3.63) is 53.0 Å². The lowest BCUT2D eigenvalue weighted by Gasteiger charge is -2.11. The first kappa shape index (κ1) is 19.8. The van der Waals surface area contributed by atoms with E-state index in [0.29, 0.717) is 24.3 Å². The van der Waals surface area contributed by atoms with Crippen LogP contribution >= 0.6 is 11.3 Å². The molecule has 0 aliphatic heterocycles. The summed E-state index contributed by atoms with van der Waals surface area (Å²) in [6.07, 6.45) is 1.59. The van der Waals surface area contributed by atoms with Gasteiger partial charge >= 0.3 is 5.97 Å². The maximum Gasteiger partial charge on any atom is 0.306 e. The molecule has 1 amide bonds. The highest BCUT2D eigenvalue weighted by molar-refractivity contribution is 7.18. The van der Waals surface area contributed by atoms with Crippen LogP contribution in [0.5, 0.6) is 5.75 Å². The van der Waals surface area contributed by atoms with E-state index in [9.17, 15) is 9.59 Å². The van der Waals surface area contributed by atoms with Gasteiger partial charge in [0.1, 0.15) is 5.75 Å². The van der Waals surface area contributed by atoms with Gasteiger partial charge in [-0.15, -0.1) is 11.3 Å². The molecule has 1 heterocycles. The Morgan fingerprint density at radius 2 is 2.00 bits per heavy atom. The summed E-state index contributed by atoms with van der Waals surface area (Å²) in [5.74, 6) is -0.239. The predicted octanol–water partition coefficient (Wildman–Crippen LogP) is 4.12. The van der Waals surface area contributed by atoms with Crippen LogP contribution in [0.2, 0.25) is 0 Å². The predicted molar refractivity (Wildman–Crippen MR) is 110 cm³/mol. The van der Waals surface area contributed by atoms with Crippen molar-refractivity contribution in [2.24, 2.45) is 0 Å². The highest BCUT2D eigenvalue weighted by Gasteiger charge is 2.11. The summed E-state index contributed by atoms with van der Waals surface area (Å²) in [5, 5.41) is 3.70. The number of nitrogens with one attached hydrogen (secondary N) is 1. The summed E-state index contributed by atoms with van der Waals surface area (Å²) in [6.45, 7) is 1.59. The second-order valence-electron chi connectivity index (χ2n) is 6.34. The standard InChI is InChI=1S/C21H22N2O4S/c1-14-10-11-17(26-2)16(12-14)22-19(24)13-27-21(25)9-5-8-20-23-15-6-3-4-7-18(15)28-20/h3-4,6-7,10-12H,5,8-9,13H2,1-2H3,(H,22,24). The van der Waals surface area contributed by atoms with Gasteiger partial charge in [-0.25, -0.2) is 4.98 Å². The number of hydrogen-bond donors (Lipinski definition) is 1. The molecule has 146 valence electrons. The Hall–Kier alpha value is -2.93. The number of benzene rings is 2. The Labute approximate surface area is 167 Å². The quantitative estimate of drug-likeness (QED) is 0.578. The number of methoxy groups -OCH3 is 1. The smallest absolute Gasteiger partial charge is 0.306 e. The Morgan fingerprint density at radius 1 is 1.18 bits per heavy atom. The number of rotatable bonds is 8. The lowest BCUT2D eigenvalue weighted by atomic mass is 10.2.